The molecule has 0 saturated carbocycles. The molecule has 2 heteroatoms. The minimum Gasteiger partial charge on any atom is -0.234 e. The summed E-state index contributed by atoms with van der Waals surface area (Å²) < 4.78 is 5.26. The van der Waals surface area contributed by atoms with Gasteiger partial charge in [-0.3, -0.25) is 0 Å². The highest BCUT2D eigenvalue weighted by Crippen LogP contribution is 2.15. The van der Waals surface area contributed by atoms with Gasteiger partial charge in [-0.15, -0.1) is 0 Å². The van der Waals surface area contributed by atoms with Crippen molar-refractivity contribution in [2.45, 2.75) is 246 Å². The summed E-state index contributed by atoms with van der Waals surface area (Å²) in [5.74, 6) is 1.62. The quantitative estimate of drug-likeness (QED) is 0.0540. The second-order valence-electron chi connectivity index (χ2n) is 14.1. The average molecular weight is 602 g/mol. The van der Waals surface area contributed by atoms with Crippen molar-refractivity contribution in [1.82, 2.24) is 4.57 Å². The second kappa shape index (κ2) is 32.6. The molecule has 0 aliphatic carbocycles. The summed E-state index contributed by atoms with van der Waals surface area (Å²) in [5.41, 5.74) is 0. The molecular weight excluding hydrogens is 520 g/mol. The Morgan fingerprint density at radius 2 is 0.721 bits per heavy atom. The third-order valence-electron chi connectivity index (χ3n) is 9.85. The van der Waals surface area contributed by atoms with Crippen LogP contribution in [0.5, 0.6) is 0 Å². The van der Waals surface area contributed by atoms with Crippen molar-refractivity contribution in [3.05, 3.63) is 18.2 Å². The third-order valence-corrected chi connectivity index (χ3v) is 9.85. The zero-order chi connectivity index (χ0) is 30.9. The van der Waals surface area contributed by atoms with Crippen molar-refractivity contribution in [1.29, 1.82) is 0 Å². The van der Waals surface area contributed by atoms with Crippen LogP contribution in [0.4, 0.5) is 0 Å². The zero-order valence-electron chi connectivity index (χ0n) is 30.3. The Labute approximate surface area is 272 Å². The predicted octanol–water partition coefficient (Wildman–Crippen LogP) is 13.9. The first-order valence-electron chi connectivity index (χ1n) is 20.4. The molecule has 2 nitrogen and oxygen atoms in total. The molecule has 1 rings (SSSR count). The van der Waals surface area contributed by atoms with Crippen molar-refractivity contribution < 1.29 is 4.57 Å². The average Bonchev–Trinajstić information content (AvgIpc) is 3.40. The fraction of sp³-hybridized carbons (Fsp3) is 0.927. The summed E-state index contributed by atoms with van der Waals surface area (Å²) in [5, 5.41) is 0. The van der Waals surface area contributed by atoms with Gasteiger partial charge in [-0.25, -0.2) is 9.13 Å². The number of hydrogen-bond donors (Lipinski definition) is 0. The maximum atomic E-state index is 2.63. The van der Waals surface area contributed by atoms with E-state index in [1.807, 2.05) is 0 Å². The van der Waals surface area contributed by atoms with E-state index >= 15 is 0 Å². The maximum absolute atomic E-state index is 2.63. The van der Waals surface area contributed by atoms with Crippen LogP contribution in [0.25, 0.3) is 0 Å². The number of rotatable bonds is 35. The number of aromatic nitrogens is 2. The van der Waals surface area contributed by atoms with Crippen LogP contribution in [0.1, 0.15) is 232 Å². The maximum Gasteiger partial charge on any atom is 0.256 e. The minimum atomic E-state index is 1.23. The summed E-state index contributed by atoms with van der Waals surface area (Å²) in [6, 6.07) is 0. The topological polar surface area (TPSA) is 8.81 Å². The lowest BCUT2D eigenvalue weighted by atomic mass is 10.0. The van der Waals surface area contributed by atoms with Gasteiger partial charge < -0.3 is 0 Å². The van der Waals surface area contributed by atoms with E-state index in [9.17, 15) is 0 Å². The van der Waals surface area contributed by atoms with Gasteiger partial charge in [0.05, 0.1) is 13.1 Å². The smallest absolute Gasteiger partial charge is 0.234 e. The molecule has 1 aromatic rings. The molecule has 0 saturated heterocycles. The minimum absolute atomic E-state index is 1.23. The predicted molar refractivity (Wildman–Crippen MR) is 193 cm³/mol. The summed E-state index contributed by atoms with van der Waals surface area (Å²) in [6.07, 6.45) is 51.9. The van der Waals surface area contributed by atoms with Crippen LogP contribution in [0.3, 0.4) is 0 Å². The molecule has 0 N–H and O–H groups in total. The number of unbranched alkanes of at least 4 members (excludes halogenated alkanes) is 29. The lowest BCUT2D eigenvalue weighted by Crippen LogP contribution is -2.37. The molecule has 0 fully saturated rings. The van der Waals surface area contributed by atoms with E-state index < -0.39 is 0 Å². The van der Waals surface area contributed by atoms with Gasteiger partial charge in [0.25, 0.3) is 5.82 Å². The van der Waals surface area contributed by atoms with E-state index in [-0.39, 0.29) is 0 Å². The van der Waals surface area contributed by atoms with Crippen LogP contribution in [0.15, 0.2) is 12.4 Å². The van der Waals surface area contributed by atoms with Crippen molar-refractivity contribution in [2.75, 3.05) is 0 Å². The van der Waals surface area contributed by atoms with Gasteiger partial charge in [0.15, 0.2) is 0 Å². The Morgan fingerprint density at radius 1 is 0.395 bits per heavy atom. The van der Waals surface area contributed by atoms with Gasteiger partial charge in [-0.05, 0) is 32.1 Å². The van der Waals surface area contributed by atoms with E-state index in [2.05, 4.69) is 42.3 Å². The molecule has 0 radical (unpaired) electrons. The first kappa shape index (κ1) is 40.2. The normalized spacial score (nSPS) is 11.6. The van der Waals surface area contributed by atoms with Gasteiger partial charge in [-0.2, -0.15) is 0 Å². The van der Waals surface area contributed by atoms with Crippen LogP contribution >= 0.6 is 0 Å². The zero-order valence-corrected chi connectivity index (χ0v) is 30.3. The van der Waals surface area contributed by atoms with E-state index in [1.165, 1.54) is 225 Å². The molecule has 1 heterocycles. The molecule has 0 aliphatic rings. The molecule has 0 aromatic carbocycles. The van der Waals surface area contributed by atoms with Crippen LogP contribution in [0, 0.1) is 0 Å². The molecule has 43 heavy (non-hydrogen) atoms. The van der Waals surface area contributed by atoms with Crippen LogP contribution < -0.4 is 4.57 Å². The fourth-order valence-corrected chi connectivity index (χ4v) is 6.86. The highest BCUT2D eigenvalue weighted by molar-refractivity contribution is 4.84. The van der Waals surface area contributed by atoms with Crippen molar-refractivity contribution in [2.24, 2.45) is 0 Å². The van der Waals surface area contributed by atoms with Gasteiger partial charge in [0, 0.05) is 6.42 Å². The van der Waals surface area contributed by atoms with E-state index in [4.69, 9.17) is 0 Å². The number of imidazole rings is 1. The van der Waals surface area contributed by atoms with Gasteiger partial charge in [-0.1, -0.05) is 194 Å². The lowest BCUT2D eigenvalue weighted by molar-refractivity contribution is -0.704. The molecule has 0 atom stereocenters. The standard InChI is InChI=1S/C41H81N2/c1-4-7-10-13-16-18-20-21-22-23-24-25-27-29-32-35-38-43-40-39-42(41(43)36-33-30-15-12-9-6-3)37-34-31-28-26-19-17-14-11-8-5-2/h39-40H,4-38H2,1-3H3/q+1. The van der Waals surface area contributed by atoms with Crippen LogP contribution in [-0.4, -0.2) is 4.57 Å². The Morgan fingerprint density at radius 3 is 1.12 bits per heavy atom. The number of nitrogens with zero attached hydrogens (tertiary/aromatic N) is 2. The van der Waals surface area contributed by atoms with Crippen LogP contribution in [-0.2, 0) is 19.5 Å². The third kappa shape index (κ3) is 25.1. The lowest BCUT2D eigenvalue weighted by Gasteiger charge is -2.07. The molecule has 0 aliphatic heterocycles. The Bertz CT molecular complexity index is 663. The monoisotopic (exact) mass is 602 g/mol. The molecule has 0 unspecified atom stereocenters. The van der Waals surface area contributed by atoms with E-state index in [1.54, 1.807) is 5.82 Å². The van der Waals surface area contributed by atoms with Crippen LogP contribution in [0.2, 0.25) is 0 Å². The van der Waals surface area contributed by atoms with E-state index in [0.29, 0.717) is 0 Å². The summed E-state index contributed by atoms with van der Waals surface area (Å²) in [4.78, 5) is 0. The van der Waals surface area contributed by atoms with Crippen molar-refractivity contribution in [3.63, 3.8) is 0 Å². The van der Waals surface area contributed by atoms with Crippen molar-refractivity contribution >= 4 is 0 Å². The van der Waals surface area contributed by atoms with Crippen molar-refractivity contribution in [3.8, 4) is 0 Å². The van der Waals surface area contributed by atoms with Gasteiger partial charge in [0.1, 0.15) is 12.4 Å². The molecule has 0 amide bonds. The Hall–Kier alpha value is -0.790. The molecule has 0 bridgehead atoms. The summed E-state index contributed by atoms with van der Waals surface area (Å²) >= 11 is 0. The van der Waals surface area contributed by atoms with Gasteiger partial charge >= 0.3 is 0 Å². The van der Waals surface area contributed by atoms with E-state index in [0.717, 1.165) is 0 Å². The first-order chi connectivity index (χ1) is 21.3. The second-order valence-corrected chi connectivity index (χ2v) is 14.1. The summed E-state index contributed by atoms with van der Waals surface area (Å²) in [7, 11) is 0. The summed E-state index contributed by atoms with van der Waals surface area (Å²) in [6.45, 7) is 9.40. The highest BCUT2D eigenvalue weighted by atomic mass is 15.1. The SMILES string of the molecule is CCCCCCCCCCCCCCCCCC[n+]1ccn(CCCCCCCCCCCC)c1CCCCCCCC. The number of hydrogen-bond acceptors (Lipinski definition) is 0. The highest BCUT2D eigenvalue weighted by Gasteiger charge is 2.16. The molecule has 1 aromatic heterocycles. The largest absolute Gasteiger partial charge is 0.256 e. The Balaban J connectivity index is 2.19. The molecule has 254 valence electrons. The first-order valence-corrected chi connectivity index (χ1v) is 20.4. The number of aryl methyl sites for hydroxylation is 2. The Kier molecular flexibility index (Phi) is 30.5. The molecule has 0 spiro atoms. The molecular formula is C41H81N2+. The fourth-order valence-electron chi connectivity index (χ4n) is 6.86. The van der Waals surface area contributed by atoms with Gasteiger partial charge in [0.2, 0.25) is 0 Å².